The summed E-state index contributed by atoms with van der Waals surface area (Å²) < 4.78 is 0. The van der Waals surface area contributed by atoms with Crippen molar-refractivity contribution in [2.75, 3.05) is 13.1 Å². The van der Waals surface area contributed by atoms with Gasteiger partial charge in [-0.2, -0.15) is 0 Å². The topological polar surface area (TPSA) is 52.5 Å². The van der Waals surface area contributed by atoms with E-state index >= 15 is 0 Å². The van der Waals surface area contributed by atoms with Crippen LogP contribution in [0.25, 0.3) is 0 Å². The molecule has 0 aliphatic carbocycles. The SMILES string of the molecule is CCCCCCNCC(O)c1cccc(O)c1. The fourth-order valence-corrected chi connectivity index (χ4v) is 1.77. The minimum Gasteiger partial charge on any atom is -0.508 e. The highest BCUT2D eigenvalue weighted by Crippen LogP contribution is 2.17. The van der Waals surface area contributed by atoms with Gasteiger partial charge in [0.2, 0.25) is 0 Å². The van der Waals surface area contributed by atoms with Crippen LogP contribution in [0.3, 0.4) is 0 Å². The van der Waals surface area contributed by atoms with Crippen LogP contribution in [0, 0.1) is 0 Å². The molecule has 0 aliphatic rings. The highest BCUT2D eigenvalue weighted by atomic mass is 16.3. The molecule has 0 fully saturated rings. The smallest absolute Gasteiger partial charge is 0.115 e. The van der Waals surface area contributed by atoms with Crippen molar-refractivity contribution < 1.29 is 10.2 Å². The number of rotatable bonds is 8. The second-order valence-electron chi connectivity index (χ2n) is 4.38. The molecule has 3 N–H and O–H groups in total. The summed E-state index contributed by atoms with van der Waals surface area (Å²) in [7, 11) is 0. The summed E-state index contributed by atoms with van der Waals surface area (Å²) in [5.41, 5.74) is 0.756. The molecule has 1 atom stereocenters. The molecule has 1 aromatic carbocycles. The van der Waals surface area contributed by atoms with Crippen LogP contribution in [0.2, 0.25) is 0 Å². The lowest BCUT2D eigenvalue weighted by atomic mass is 10.1. The van der Waals surface area contributed by atoms with Crippen molar-refractivity contribution in [3.63, 3.8) is 0 Å². The number of benzene rings is 1. The molecule has 0 spiro atoms. The van der Waals surface area contributed by atoms with Gasteiger partial charge >= 0.3 is 0 Å². The normalized spacial score (nSPS) is 12.6. The lowest BCUT2D eigenvalue weighted by Crippen LogP contribution is -2.22. The van der Waals surface area contributed by atoms with Crippen molar-refractivity contribution in [2.45, 2.75) is 38.7 Å². The van der Waals surface area contributed by atoms with Gasteiger partial charge in [0.05, 0.1) is 6.10 Å². The van der Waals surface area contributed by atoms with E-state index < -0.39 is 6.10 Å². The van der Waals surface area contributed by atoms with Gasteiger partial charge in [0.1, 0.15) is 5.75 Å². The molecule has 96 valence electrons. The summed E-state index contributed by atoms with van der Waals surface area (Å²) in [5.74, 6) is 0.199. The van der Waals surface area contributed by atoms with Gasteiger partial charge in [0.25, 0.3) is 0 Å². The molecule has 1 rings (SSSR count). The van der Waals surface area contributed by atoms with E-state index in [4.69, 9.17) is 0 Å². The van der Waals surface area contributed by atoms with Gasteiger partial charge < -0.3 is 15.5 Å². The first kappa shape index (κ1) is 14.0. The third-order valence-electron chi connectivity index (χ3n) is 2.80. The molecule has 3 heteroatoms. The quantitative estimate of drug-likeness (QED) is 0.609. The Balaban J connectivity index is 2.19. The molecule has 0 aliphatic heterocycles. The van der Waals surface area contributed by atoms with Gasteiger partial charge in [-0.15, -0.1) is 0 Å². The molecule has 0 saturated heterocycles. The van der Waals surface area contributed by atoms with Crippen molar-refractivity contribution >= 4 is 0 Å². The number of phenols is 1. The summed E-state index contributed by atoms with van der Waals surface area (Å²) in [4.78, 5) is 0. The Morgan fingerprint density at radius 2 is 2.06 bits per heavy atom. The number of unbranched alkanes of at least 4 members (excludes halogenated alkanes) is 3. The molecular weight excluding hydrogens is 214 g/mol. The first-order valence-electron chi connectivity index (χ1n) is 6.41. The van der Waals surface area contributed by atoms with E-state index in [0.29, 0.717) is 6.54 Å². The maximum atomic E-state index is 9.87. The van der Waals surface area contributed by atoms with Crippen LogP contribution in [0.4, 0.5) is 0 Å². The predicted octanol–water partition coefficient (Wildman–Crippen LogP) is 2.60. The van der Waals surface area contributed by atoms with Gasteiger partial charge in [-0.3, -0.25) is 0 Å². The molecule has 0 radical (unpaired) electrons. The lowest BCUT2D eigenvalue weighted by Gasteiger charge is -2.12. The Hall–Kier alpha value is -1.06. The lowest BCUT2D eigenvalue weighted by molar-refractivity contribution is 0.174. The van der Waals surface area contributed by atoms with Gasteiger partial charge in [-0.1, -0.05) is 38.3 Å². The zero-order valence-electron chi connectivity index (χ0n) is 10.5. The maximum Gasteiger partial charge on any atom is 0.115 e. The largest absolute Gasteiger partial charge is 0.508 e. The van der Waals surface area contributed by atoms with Gasteiger partial charge in [-0.25, -0.2) is 0 Å². The summed E-state index contributed by atoms with van der Waals surface area (Å²) in [6, 6.07) is 6.77. The van der Waals surface area contributed by atoms with E-state index in [1.165, 1.54) is 19.3 Å². The average Bonchev–Trinajstić information content (AvgIpc) is 2.33. The first-order valence-corrected chi connectivity index (χ1v) is 6.41. The average molecular weight is 237 g/mol. The minimum atomic E-state index is -0.548. The number of aliphatic hydroxyl groups is 1. The molecule has 0 aromatic heterocycles. The number of phenolic OH excluding ortho intramolecular Hbond substituents is 1. The number of aliphatic hydroxyl groups excluding tert-OH is 1. The third-order valence-corrected chi connectivity index (χ3v) is 2.80. The van der Waals surface area contributed by atoms with Crippen molar-refractivity contribution in [1.29, 1.82) is 0 Å². The van der Waals surface area contributed by atoms with Crippen molar-refractivity contribution in [2.24, 2.45) is 0 Å². The second-order valence-corrected chi connectivity index (χ2v) is 4.38. The van der Waals surface area contributed by atoms with Gasteiger partial charge in [0, 0.05) is 6.54 Å². The number of aromatic hydroxyl groups is 1. The van der Waals surface area contributed by atoms with Crippen LogP contribution in [0.5, 0.6) is 5.75 Å². The molecule has 0 bridgehead atoms. The van der Waals surface area contributed by atoms with Crippen LogP contribution in [-0.2, 0) is 0 Å². The van der Waals surface area contributed by atoms with Crippen LogP contribution < -0.4 is 5.32 Å². The Bertz CT molecular complexity index is 315. The maximum absolute atomic E-state index is 9.87. The minimum absolute atomic E-state index is 0.199. The Morgan fingerprint density at radius 3 is 2.76 bits per heavy atom. The highest BCUT2D eigenvalue weighted by molar-refractivity contribution is 5.28. The zero-order valence-corrected chi connectivity index (χ0v) is 10.5. The molecule has 17 heavy (non-hydrogen) atoms. The number of hydrogen-bond acceptors (Lipinski definition) is 3. The van der Waals surface area contributed by atoms with Crippen LogP contribution in [0.15, 0.2) is 24.3 Å². The molecule has 0 amide bonds. The van der Waals surface area contributed by atoms with E-state index in [-0.39, 0.29) is 5.75 Å². The molecule has 3 nitrogen and oxygen atoms in total. The van der Waals surface area contributed by atoms with E-state index in [1.807, 2.05) is 6.07 Å². The highest BCUT2D eigenvalue weighted by Gasteiger charge is 2.06. The van der Waals surface area contributed by atoms with Crippen molar-refractivity contribution in [3.8, 4) is 5.75 Å². The third kappa shape index (κ3) is 5.71. The number of nitrogens with one attached hydrogen (secondary N) is 1. The molecule has 1 aromatic rings. The van der Waals surface area contributed by atoms with Crippen molar-refractivity contribution in [3.05, 3.63) is 29.8 Å². The first-order chi connectivity index (χ1) is 8.24. The van der Waals surface area contributed by atoms with Gasteiger partial charge in [-0.05, 0) is 30.7 Å². The Labute approximate surface area is 103 Å². The second kappa shape index (κ2) is 8.09. The monoisotopic (exact) mass is 237 g/mol. The fraction of sp³-hybridized carbons (Fsp3) is 0.571. The van der Waals surface area contributed by atoms with Crippen LogP contribution in [0.1, 0.15) is 44.3 Å². The van der Waals surface area contributed by atoms with E-state index in [2.05, 4.69) is 12.2 Å². The van der Waals surface area contributed by atoms with Crippen LogP contribution in [-0.4, -0.2) is 23.3 Å². The standard InChI is InChI=1S/C14H23NO2/c1-2-3-4-5-9-15-11-14(17)12-7-6-8-13(16)10-12/h6-8,10,14-17H,2-5,9,11H2,1H3. The van der Waals surface area contributed by atoms with Crippen molar-refractivity contribution in [1.82, 2.24) is 5.32 Å². The molecular formula is C14H23NO2. The summed E-state index contributed by atoms with van der Waals surface area (Å²) in [6.07, 6.45) is 4.36. The zero-order chi connectivity index (χ0) is 12.5. The summed E-state index contributed by atoms with van der Waals surface area (Å²) in [6.45, 7) is 3.67. The Morgan fingerprint density at radius 1 is 1.24 bits per heavy atom. The van der Waals surface area contributed by atoms with E-state index in [0.717, 1.165) is 18.5 Å². The molecule has 0 saturated carbocycles. The predicted molar refractivity (Wildman–Crippen MR) is 70.1 cm³/mol. The number of hydrogen-bond donors (Lipinski definition) is 3. The van der Waals surface area contributed by atoms with Gasteiger partial charge in [0.15, 0.2) is 0 Å². The summed E-state index contributed by atoms with van der Waals surface area (Å²) >= 11 is 0. The fourth-order valence-electron chi connectivity index (χ4n) is 1.77. The van der Waals surface area contributed by atoms with E-state index in [9.17, 15) is 10.2 Å². The summed E-state index contributed by atoms with van der Waals surface area (Å²) in [5, 5.41) is 22.4. The molecule has 0 heterocycles. The van der Waals surface area contributed by atoms with E-state index in [1.54, 1.807) is 18.2 Å². The van der Waals surface area contributed by atoms with Crippen LogP contribution >= 0.6 is 0 Å². The molecule has 1 unspecified atom stereocenters. The Kier molecular flexibility index (Phi) is 6.67.